The van der Waals surface area contributed by atoms with E-state index < -0.39 is 36.1 Å². The number of ether oxygens (including phenoxy) is 3. The molecule has 1 fully saturated rings. The first-order valence-electron chi connectivity index (χ1n) is 5.59. The van der Waals surface area contributed by atoms with Crippen LogP contribution in [-0.4, -0.2) is 72.3 Å². The maximum atomic E-state index is 10.0. The summed E-state index contributed by atoms with van der Waals surface area (Å²) < 4.78 is 15.8. The molecular weight excluding hydrogens is 228 g/mol. The third-order valence-electron chi connectivity index (χ3n) is 3.35. The van der Waals surface area contributed by atoms with Crippen molar-refractivity contribution in [1.29, 1.82) is 0 Å². The largest absolute Gasteiger partial charge is 0.394 e. The normalized spacial score (nSPS) is 39.4. The van der Waals surface area contributed by atoms with Gasteiger partial charge in [0.25, 0.3) is 0 Å². The summed E-state index contributed by atoms with van der Waals surface area (Å²) in [7, 11) is 2.90. The topological polar surface area (TPSA) is 88.4 Å². The fourth-order valence-corrected chi connectivity index (χ4v) is 2.07. The molecule has 5 atom stereocenters. The molecule has 102 valence electrons. The van der Waals surface area contributed by atoms with Crippen LogP contribution in [0.5, 0.6) is 0 Å². The standard InChI is InChI=1S/C11H22O6/c1-11(2,16-4)10-8(14)7(13)9(15-3)6(5-12)17-10/h6-10,12-14H,5H2,1-4H3. The van der Waals surface area contributed by atoms with E-state index in [2.05, 4.69) is 0 Å². The highest BCUT2D eigenvalue weighted by Crippen LogP contribution is 2.30. The Labute approximate surface area is 101 Å². The lowest BCUT2D eigenvalue weighted by molar-refractivity contribution is -0.272. The molecule has 6 nitrogen and oxygen atoms in total. The molecule has 0 aromatic rings. The summed E-state index contributed by atoms with van der Waals surface area (Å²) >= 11 is 0. The monoisotopic (exact) mass is 250 g/mol. The van der Waals surface area contributed by atoms with Crippen molar-refractivity contribution in [3.8, 4) is 0 Å². The van der Waals surface area contributed by atoms with Crippen molar-refractivity contribution in [1.82, 2.24) is 0 Å². The van der Waals surface area contributed by atoms with Crippen LogP contribution in [0, 0.1) is 0 Å². The number of rotatable bonds is 4. The molecule has 6 heteroatoms. The minimum Gasteiger partial charge on any atom is -0.394 e. The van der Waals surface area contributed by atoms with Crippen molar-refractivity contribution < 1.29 is 29.5 Å². The van der Waals surface area contributed by atoms with Crippen LogP contribution in [0.25, 0.3) is 0 Å². The zero-order chi connectivity index (χ0) is 13.2. The van der Waals surface area contributed by atoms with E-state index in [1.807, 2.05) is 0 Å². The molecule has 5 unspecified atom stereocenters. The summed E-state index contributed by atoms with van der Waals surface area (Å²) in [5, 5.41) is 29.2. The number of methoxy groups -OCH3 is 2. The zero-order valence-electron chi connectivity index (χ0n) is 10.7. The molecule has 0 bridgehead atoms. The Bertz CT molecular complexity index is 242. The predicted octanol–water partition coefficient (Wildman–Crippen LogP) is -1.09. The summed E-state index contributed by atoms with van der Waals surface area (Å²) in [5.74, 6) is 0. The number of hydrogen-bond donors (Lipinski definition) is 3. The first kappa shape index (κ1) is 14.8. The average Bonchev–Trinajstić information content (AvgIpc) is 2.31. The summed E-state index contributed by atoms with van der Waals surface area (Å²) in [5.41, 5.74) is -0.771. The smallest absolute Gasteiger partial charge is 0.115 e. The highest BCUT2D eigenvalue weighted by Gasteiger charge is 2.50. The van der Waals surface area contributed by atoms with Gasteiger partial charge in [0.1, 0.15) is 30.5 Å². The Kier molecular flexibility index (Phi) is 4.88. The molecule has 0 aromatic heterocycles. The van der Waals surface area contributed by atoms with Gasteiger partial charge < -0.3 is 29.5 Å². The Morgan fingerprint density at radius 1 is 1.18 bits per heavy atom. The maximum absolute atomic E-state index is 10.0. The SMILES string of the molecule is COC1C(CO)OC(C(C)(C)OC)C(O)C1O. The Morgan fingerprint density at radius 2 is 1.76 bits per heavy atom. The molecule has 3 N–H and O–H groups in total. The first-order chi connectivity index (χ1) is 7.88. The van der Waals surface area contributed by atoms with Crippen LogP contribution in [0.2, 0.25) is 0 Å². The van der Waals surface area contributed by atoms with Gasteiger partial charge in [0.2, 0.25) is 0 Å². The summed E-state index contributed by atoms with van der Waals surface area (Å²) in [6, 6.07) is 0. The zero-order valence-corrected chi connectivity index (χ0v) is 10.7. The van der Waals surface area contributed by atoms with Gasteiger partial charge in [-0.25, -0.2) is 0 Å². The van der Waals surface area contributed by atoms with Gasteiger partial charge in [-0.3, -0.25) is 0 Å². The molecule has 0 aromatic carbocycles. The maximum Gasteiger partial charge on any atom is 0.115 e. The lowest BCUT2D eigenvalue weighted by Gasteiger charge is -2.46. The second kappa shape index (κ2) is 5.60. The van der Waals surface area contributed by atoms with E-state index in [-0.39, 0.29) is 6.61 Å². The van der Waals surface area contributed by atoms with E-state index in [0.717, 1.165) is 0 Å². The van der Waals surface area contributed by atoms with E-state index in [4.69, 9.17) is 14.2 Å². The summed E-state index contributed by atoms with van der Waals surface area (Å²) in [6.45, 7) is 3.20. The Morgan fingerprint density at radius 3 is 2.18 bits per heavy atom. The lowest BCUT2D eigenvalue weighted by Crippen LogP contribution is -2.64. The van der Waals surface area contributed by atoms with Crippen LogP contribution >= 0.6 is 0 Å². The van der Waals surface area contributed by atoms with Gasteiger partial charge in [0, 0.05) is 14.2 Å². The van der Waals surface area contributed by atoms with Crippen molar-refractivity contribution >= 4 is 0 Å². The molecule has 0 amide bonds. The molecule has 0 spiro atoms. The number of aliphatic hydroxyl groups is 3. The van der Waals surface area contributed by atoms with Crippen LogP contribution in [0.15, 0.2) is 0 Å². The second-order valence-corrected chi connectivity index (χ2v) is 4.77. The van der Waals surface area contributed by atoms with Gasteiger partial charge in [-0.15, -0.1) is 0 Å². The van der Waals surface area contributed by atoms with Gasteiger partial charge in [-0.1, -0.05) is 0 Å². The number of aliphatic hydroxyl groups excluding tert-OH is 3. The quantitative estimate of drug-likeness (QED) is 0.587. The third-order valence-corrected chi connectivity index (χ3v) is 3.35. The molecule has 1 heterocycles. The summed E-state index contributed by atoms with van der Waals surface area (Å²) in [4.78, 5) is 0. The fraction of sp³-hybridized carbons (Fsp3) is 1.00. The Balaban J connectivity index is 2.90. The molecule has 1 saturated heterocycles. The second-order valence-electron chi connectivity index (χ2n) is 4.77. The predicted molar refractivity (Wildman–Crippen MR) is 59.6 cm³/mol. The molecule has 0 radical (unpaired) electrons. The molecule has 1 rings (SSSR count). The van der Waals surface area contributed by atoms with Crippen molar-refractivity contribution in [2.24, 2.45) is 0 Å². The highest BCUT2D eigenvalue weighted by molar-refractivity contribution is 4.99. The van der Waals surface area contributed by atoms with Crippen LogP contribution in [0.1, 0.15) is 13.8 Å². The highest BCUT2D eigenvalue weighted by atomic mass is 16.6. The van der Waals surface area contributed by atoms with Gasteiger partial charge in [0.15, 0.2) is 0 Å². The Hall–Kier alpha value is -0.240. The van der Waals surface area contributed by atoms with Crippen molar-refractivity contribution in [2.75, 3.05) is 20.8 Å². The fourth-order valence-electron chi connectivity index (χ4n) is 2.07. The van der Waals surface area contributed by atoms with Crippen LogP contribution in [0.4, 0.5) is 0 Å². The van der Waals surface area contributed by atoms with Gasteiger partial charge >= 0.3 is 0 Å². The van der Waals surface area contributed by atoms with Crippen molar-refractivity contribution in [3.05, 3.63) is 0 Å². The molecule has 1 aliphatic heterocycles. The summed E-state index contributed by atoms with van der Waals surface area (Å²) in [6.07, 6.45) is -4.41. The van der Waals surface area contributed by atoms with E-state index in [0.29, 0.717) is 0 Å². The van der Waals surface area contributed by atoms with E-state index in [1.165, 1.54) is 14.2 Å². The molecule has 1 aliphatic rings. The number of hydrogen-bond acceptors (Lipinski definition) is 6. The lowest BCUT2D eigenvalue weighted by atomic mass is 9.87. The molecule has 0 saturated carbocycles. The van der Waals surface area contributed by atoms with E-state index in [1.54, 1.807) is 13.8 Å². The molecular formula is C11H22O6. The van der Waals surface area contributed by atoms with Crippen LogP contribution < -0.4 is 0 Å². The van der Waals surface area contributed by atoms with Crippen molar-refractivity contribution in [2.45, 2.75) is 50.0 Å². The molecule has 0 aliphatic carbocycles. The minimum absolute atomic E-state index is 0.293. The third kappa shape index (κ3) is 2.78. The van der Waals surface area contributed by atoms with Gasteiger partial charge in [-0.2, -0.15) is 0 Å². The van der Waals surface area contributed by atoms with Crippen molar-refractivity contribution in [3.63, 3.8) is 0 Å². The van der Waals surface area contributed by atoms with E-state index in [9.17, 15) is 15.3 Å². The molecule has 17 heavy (non-hydrogen) atoms. The van der Waals surface area contributed by atoms with Gasteiger partial charge in [0.05, 0.1) is 12.2 Å². The first-order valence-corrected chi connectivity index (χ1v) is 5.59. The van der Waals surface area contributed by atoms with Crippen LogP contribution in [-0.2, 0) is 14.2 Å². The average molecular weight is 250 g/mol. The van der Waals surface area contributed by atoms with Gasteiger partial charge in [-0.05, 0) is 13.8 Å². The van der Waals surface area contributed by atoms with E-state index >= 15 is 0 Å². The minimum atomic E-state index is -1.13. The van der Waals surface area contributed by atoms with Crippen LogP contribution in [0.3, 0.4) is 0 Å².